The molecule has 0 spiro atoms. The first kappa shape index (κ1) is 19.6. The first-order chi connectivity index (χ1) is 15.3. The highest BCUT2D eigenvalue weighted by molar-refractivity contribution is 8.00. The lowest BCUT2D eigenvalue weighted by Crippen LogP contribution is -2.19. The first-order valence-electron chi connectivity index (χ1n) is 10.4. The molecule has 1 aliphatic rings. The van der Waals surface area contributed by atoms with Crippen LogP contribution in [0.25, 0.3) is 10.9 Å². The topological polar surface area (TPSA) is 66.9 Å². The molecule has 6 heteroatoms. The maximum absolute atomic E-state index is 13.3. The molecule has 2 N–H and O–H groups in total. The van der Waals surface area contributed by atoms with Crippen LogP contribution in [0, 0.1) is 0 Å². The fourth-order valence-electron chi connectivity index (χ4n) is 3.37. The van der Waals surface area contributed by atoms with E-state index in [-0.39, 0.29) is 5.91 Å². The Balaban J connectivity index is 1.48. The summed E-state index contributed by atoms with van der Waals surface area (Å²) >= 11 is 1.37. The summed E-state index contributed by atoms with van der Waals surface area (Å²) in [5.41, 5.74) is 2.55. The Morgan fingerprint density at radius 1 is 0.871 bits per heavy atom. The van der Waals surface area contributed by atoms with Crippen molar-refractivity contribution in [3.05, 3.63) is 90.5 Å². The second kappa shape index (κ2) is 8.78. The van der Waals surface area contributed by atoms with E-state index in [0.717, 1.165) is 40.8 Å². The van der Waals surface area contributed by atoms with E-state index in [4.69, 9.17) is 9.97 Å². The lowest BCUT2D eigenvalue weighted by molar-refractivity contribution is -0.115. The third-order valence-corrected chi connectivity index (χ3v) is 6.22. The fraction of sp³-hybridized carbons (Fsp3) is 0.160. The summed E-state index contributed by atoms with van der Waals surface area (Å²) in [6.45, 7) is 0. The van der Waals surface area contributed by atoms with E-state index < -0.39 is 5.25 Å². The Morgan fingerprint density at radius 2 is 1.55 bits per heavy atom. The van der Waals surface area contributed by atoms with Crippen LogP contribution in [0.1, 0.15) is 23.7 Å². The predicted octanol–water partition coefficient (Wildman–Crippen LogP) is 5.68. The quantitative estimate of drug-likeness (QED) is 0.294. The molecule has 1 atom stereocenters. The van der Waals surface area contributed by atoms with Crippen LogP contribution in [0.3, 0.4) is 0 Å². The van der Waals surface area contributed by atoms with E-state index in [1.54, 1.807) is 0 Å². The van der Waals surface area contributed by atoms with Gasteiger partial charge in [-0.15, -0.1) is 0 Å². The Morgan fingerprint density at radius 3 is 2.29 bits per heavy atom. The molecule has 0 aliphatic heterocycles. The van der Waals surface area contributed by atoms with Crippen LogP contribution < -0.4 is 10.6 Å². The minimum absolute atomic E-state index is 0.101. The molecule has 1 aliphatic carbocycles. The molecule has 1 fully saturated rings. The second-order valence-corrected chi connectivity index (χ2v) is 8.63. The number of rotatable bonds is 7. The molecule has 1 heterocycles. The van der Waals surface area contributed by atoms with Crippen LogP contribution in [0.15, 0.2) is 90.1 Å². The average Bonchev–Trinajstić information content (AvgIpc) is 3.63. The normalized spacial score (nSPS) is 14.2. The van der Waals surface area contributed by atoms with Crippen LogP contribution in [0.2, 0.25) is 0 Å². The van der Waals surface area contributed by atoms with Crippen molar-refractivity contribution >= 4 is 40.1 Å². The van der Waals surface area contributed by atoms with Crippen molar-refractivity contribution in [1.82, 2.24) is 9.97 Å². The number of hydrogen-bond acceptors (Lipinski definition) is 5. The van der Waals surface area contributed by atoms with Gasteiger partial charge < -0.3 is 10.6 Å². The van der Waals surface area contributed by atoms with Gasteiger partial charge in [-0.25, -0.2) is 9.97 Å². The van der Waals surface area contributed by atoms with E-state index in [2.05, 4.69) is 10.6 Å². The van der Waals surface area contributed by atoms with Crippen LogP contribution in [-0.4, -0.2) is 21.9 Å². The van der Waals surface area contributed by atoms with E-state index in [9.17, 15) is 4.79 Å². The molecule has 5 nitrogen and oxygen atoms in total. The fourth-order valence-corrected chi connectivity index (χ4v) is 4.34. The number of anilines is 2. The number of benzene rings is 3. The van der Waals surface area contributed by atoms with E-state index >= 15 is 0 Å². The SMILES string of the molecule is O=C(Nc1ccccc1)C(Sc1nc(NC2CC2)c2ccccc2n1)c1ccccc1. The highest BCUT2D eigenvalue weighted by Gasteiger charge is 2.26. The van der Waals surface area contributed by atoms with Crippen molar-refractivity contribution in [2.75, 3.05) is 10.6 Å². The molecule has 1 aromatic heterocycles. The lowest BCUT2D eigenvalue weighted by atomic mass is 10.1. The number of thioether (sulfide) groups is 1. The zero-order valence-corrected chi connectivity index (χ0v) is 17.7. The van der Waals surface area contributed by atoms with Gasteiger partial charge in [-0.1, -0.05) is 72.4 Å². The molecule has 0 radical (unpaired) electrons. The standard InChI is InChI=1S/C25H22N4OS/c30-24(27-18-11-5-2-6-12-18)22(17-9-3-1-4-10-17)31-25-28-21-14-8-7-13-20(21)23(29-25)26-19-15-16-19/h1-14,19,22H,15-16H2,(H,27,30)(H,26,28,29). The van der Waals surface area contributed by atoms with Crippen molar-refractivity contribution in [3.8, 4) is 0 Å². The maximum Gasteiger partial charge on any atom is 0.242 e. The molecule has 1 unspecified atom stereocenters. The molecular formula is C25H22N4OS. The van der Waals surface area contributed by atoms with Crippen molar-refractivity contribution in [3.63, 3.8) is 0 Å². The number of amides is 1. The maximum atomic E-state index is 13.3. The molecule has 3 aromatic carbocycles. The summed E-state index contributed by atoms with van der Waals surface area (Å²) in [5.74, 6) is 0.738. The lowest BCUT2D eigenvalue weighted by Gasteiger charge is -2.17. The van der Waals surface area contributed by atoms with E-state index in [1.165, 1.54) is 11.8 Å². The summed E-state index contributed by atoms with van der Waals surface area (Å²) in [6.07, 6.45) is 2.32. The Hall–Kier alpha value is -3.38. The molecular weight excluding hydrogens is 404 g/mol. The van der Waals surface area contributed by atoms with Gasteiger partial charge in [0.25, 0.3) is 0 Å². The Kier molecular flexibility index (Phi) is 5.54. The van der Waals surface area contributed by atoms with E-state index in [1.807, 2.05) is 84.9 Å². The number of nitrogens with zero attached hydrogens (tertiary/aromatic N) is 2. The number of hydrogen-bond donors (Lipinski definition) is 2. The highest BCUT2D eigenvalue weighted by Crippen LogP contribution is 2.37. The number of carbonyl (C=O) groups excluding carboxylic acids is 1. The molecule has 5 rings (SSSR count). The summed E-state index contributed by atoms with van der Waals surface area (Å²) in [5, 5.41) is 7.65. The second-order valence-electron chi connectivity index (χ2n) is 7.55. The minimum Gasteiger partial charge on any atom is -0.367 e. The van der Waals surface area contributed by atoms with Gasteiger partial charge in [0.1, 0.15) is 11.1 Å². The smallest absolute Gasteiger partial charge is 0.242 e. The number of nitrogens with one attached hydrogen (secondary N) is 2. The zero-order chi connectivity index (χ0) is 21.0. The highest BCUT2D eigenvalue weighted by atomic mass is 32.2. The number of fused-ring (bicyclic) bond motifs is 1. The van der Waals surface area contributed by atoms with Crippen LogP contribution in [-0.2, 0) is 4.79 Å². The first-order valence-corrected chi connectivity index (χ1v) is 11.2. The van der Waals surface area contributed by atoms with Crippen molar-refractivity contribution < 1.29 is 4.79 Å². The minimum atomic E-state index is -0.476. The van der Waals surface area contributed by atoms with Gasteiger partial charge in [0.2, 0.25) is 5.91 Å². The largest absolute Gasteiger partial charge is 0.367 e. The summed E-state index contributed by atoms with van der Waals surface area (Å²) in [6, 6.07) is 27.7. The number of aromatic nitrogens is 2. The van der Waals surface area contributed by atoms with E-state index in [0.29, 0.717) is 11.2 Å². The summed E-state index contributed by atoms with van der Waals surface area (Å²) in [7, 11) is 0. The molecule has 1 amide bonds. The van der Waals surface area contributed by atoms with Gasteiger partial charge in [-0.3, -0.25) is 4.79 Å². The number of carbonyl (C=O) groups is 1. The van der Waals surface area contributed by atoms with Gasteiger partial charge in [0.05, 0.1) is 5.52 Å². The molecule has 1 saturated carbocycles. The summed E-state index contributed by atoms with van der Waals surface area (Å²) in [4.78, 5) is 22.8. The van der Waals surface area contributed by atoms with Gasteiger partial charge in [0, 0.05) is 17.1 Å². The van der Waals surface area contributed by atoms with Crippen LogP contribution in [0.4, 0.5) is 11.5 Å². The number of para-hydroxylation sites is 2. The molecule has 154 valence electrons. The van der Waals surface area contributed by atoms with Gasteiger partial charge in [0.15, 0.2) is 5.16 Å². The molecule has 4 aromatic rings. The van der Waals surface area contributed by atoms with Gasteiger partial charge in [-0.2, -0.15) is 0 Å². The molecule has 0 saturated heterocycles. The van der Waals surface area contributed by atoms with Gasteiger partial charge >= 0.3 is 0 Å². The average molecular weight is 427 g/mol. The third kappa shape index (κ3) is 4.70. The monoisotopic (exact) mass is 426 g/mol. The Labute approximate surface area is 185 Å². The van der Waals surface area contributed by atoms with Crippen LogP contribution in [0.5, 0.6) is 0 Å². The van der Waals surface area contributed by atoms with Crippen molar-refractivity contribution in [1.29, 1.82) is 0 Å². The molecule has 31 heavy (non-hydrogen) atoms. The zero-order valence-electron chi connectivity index (χ0n) is 16.9. The summed E-state index contributed by atoms with van der Waals surface area (Å²) < 4.78 is 0. The van der Waals surface area contributed by atoms with Crippen LogP contribution >= 0.6 is 11.8 Å². The molecule has 0 bridgehead atoms. The predicted molar refractivity (Wildman–Crippen MR) is 126 cm³/mol. The van der Waals surface area contributed by atoms with Crippen molar-refractivity contribution in [2.45, 2.75) is 29.3 Å². The third-order valence-electron chi connectivity index (χ3n) is 5.11. The van der Waals surface area contributed by atoms with Gasteiger partial charge in [-0.05, 0) is 42.7 Å². The van der Waals surface area contributed by atoms with Crippen molar-refractivity contribution in [2.24, 2.45) is 0 Å². The Bertz CT molecular complexity index is 1200.